The van der Waals surface area contributed by atoms with Gasteiger partial charge in [-0.3, -0.25) is 4.79 Å². The lowest BCUT2D eigenvalue weighted by Crippen LogP contribution is -2.31. The molecule has 150 valence electrons. The number of para-hydroxylation sites is 1. The first-order valence-corrected chi connectivity index (χ1v) is 10.2. The normalized spacial score (nSPS) is 11.9. The van der Waals surface area contributed by atoms with Crippen LogP contribution in [0.1, 0.15) is 23.6 Å². The highest BCUT2D eigenvalue weighted by Crippen LogP contribution is 2.25. The van der Waals surface area contributed by atoms with E-state index in [1.54, 1.807) is 0 Å². The topological polar surface area (TPSA) is 68.0 Å². The third kappa shape index (κ3) is 4.56. The zero-order valence-corrected chi connectivity index (χ0v) is 16.8. The third-order valence-electron chi connectivity index (χ3n) is 5.21. The zero-order chi connectivity index (χ0) is 20.8. The first-order chi connectivity index (χ1) is 14.7. The second-order valence-corrected chi connectivity index (χ2v) is 7.33. The summed E-state index contributed by atoms with van der Waals surface area (Å²) in [5.41, 5.74) is 10.6. The van der Waals surface area contributed by atoms with Crippen LogP contribution in [-0.2, 0) is 11.2 Å². The summed E-state index contributed by atoms with van der Waals surface area (Å²) in [5.74, 6) is -0.0207. The van der Waals surface area contributed by atoms with Gasteiger partial charge in [-0.1, -0.05) is 78.9 Å². The first kappa shape index (κ1) is 19.8. The van der Waals surface area contributed by atoms with E-state index in [9.17, 15) is 4.79 Å². The molecule has 0 fully saturated rings. The van der Waals surface area contributed by atoms with Gasteiger partial charge in [-0.05, 0) is 36.2 Å². The molecule has 0 saturated carbocycles. The Morgan fingerprint density at radius 2 is 1.57 bits per heavy atom. The molecule has 0 bridgehead atoms. The number of aromatic nitrogens is 1. The first-order valence-electron chi connectivity index (χ1n) is 10.2. The van der Waals surface area contributed by atoms with Gasteiger partial charge in [-0.15, -0.1) is 0 Å². The van der Waals surface area contributed by atoms with Crippen LogP contribution in [0.4, 0.5) is 0 Å². The number of carbonyl (C=O) groups excluding carboxylic acids is 1. The number of amides is 1. The molecular formula is C26H25N3O. The molecule has 4 heteroatoms. The van der Waals surface area contributed by atoms with Gasteiger partial charge in [0.15, 0.2) is 0 Å². The summed E-state index contributed by atoms with van der Waals surface area (Å²) in [6, 6.07) is 29.9. The number of carbonyl (C=O) groups is 1. The largest absolute Gasteiger partial charge is 0.349 e. The fourth-order valence-electron chi connectivity index (χ4n) is 3.74. The van der Waals surface area contributed by atoms with E-state index in [2.05, 4.69) is 5.32 Å². The Balaban J connectivity index is 1.63. The van der Waals surface area contributed by atoms with Crippen molar-refractivity contribution in [2.24, 2.45) is 5.73 Å². The van der Waals surface area contributed by atoms with Crippen molar-refractivity contribution >= 4 is 16.8 Å². The van der Waals surface area contributed by atoms with Crippen molar-refractivity contribution in [1.82, 2.24) is 10.3 Å². The molecule has 0 aliphatic rings. The minimum absolute atomic E-state index is 0.0207. The Morgan fingerprint density at radius 1 is 0.900 bits per heavy atom. The Bertz CT molecular complexity index is 1130. The Labute approximate surface area is 176 Å². The molecule has 4 nitrogen and oxygen atoms in total. The lowest BCUT2D eigenvalue weighted by Gasteiger charge is -2.19. The summed E-state index contributed by atoms with van der Waals surface area (Å²) in [5, 5.41) is 4.17. The van der Waals surface area contributed by atoms with E-state index in [0.29, 0.717) is 13.0 Å². The Hall–Kier alpha value is -3.50. The van der Waals surface area contributed by atoms with Gasteiger partial charge in [0.25, 0.3) is 0 Å². The van der Waals surface area contributed by atoms with Gasteiger partial charge < -0.3 is 11.1 Å². The van der Waals surface area contributed by atoms with Crippen molar-refractivity contribution in [2.75, 3.05) is 6.54 Å². The van der Waals surface area contributed by atoms with Crippen molar-refractivity contribution in [3.8, 4) is 11.3 Å². The molecule has 4 aromatic rings. The van der Waals surface area contributed by atoms with Gasteiger partial charge in [-0.25, -0.2) is 4.98 Å². The molecule has 3 N–H and O–H groups in total. The predicted octanol–water partition coefficient (Wildman–Crippen LogP) is 4.65. The minimum Gasteiger partial charge on any atom is -0.349 e. The van der Waals surface area contributed by atoms with Crippen LogP contribution >= 0.6 is 0 Å². The van der Waals surface area contributed by atoms with Gasteiger partial charge >= 0.3 is 0 Å². The summed E-state index contributed by atoms with van der Waals surface area (Å²) in [7, 11) is 0. The second kappa shape index (κ2) is 9.33. The molecule has 1 heterocycles. The maximum absolute atomic E-state index is 13.0. The van der Waals surface area contributed by atoms with Crippen molar-refractivity contribution in [2.45, 2.75) is 18.9 Å². The van der Waals surface area contributed by atoms with Crippen LogP contribution in [0.2, 0.25) is 0 Å². The van der Waals surface area contributed by atoms with E-state index in [-0.39, 0.29) is 18.4 Å². The molecule has 3 aromatic carbocycles. The number of nitrogens with one attached hydrogen (secondary N) is 1. The molecule has 1 amide bonds. The number of hydrogen-bond acceptors (Lipinski definition) is 3. The van der Waals surface area contributed by atoms with E-state index < -0.39 is 0 Å². The lowest BCUT2D eigenvalue weighted by molar-refractivity contribution is -0.121. The number of nitrogens with two attached hydrogens (primary N) is 1. The number of pyridine rings is 1. The molecule has 0 radical (unpaired) electrons. The molecule has 0 aliphatic heterocycles. The van der Waals surface area contributed by atoms with Gasteiger partial charge in [0.2, 0.25) is 5.91 Å². The molecular weight excluding hydrogens is 370 g/mol. The molecule has 0 saturated heterocycles. The number of hydrogen-bond donors (Lipinski definition) is 2. The van der Waals surface area contributed by atoms with Gasteiger partial charge in [0.1, 0.15) is 0 Å². The molecule has 0 unspecified atom stereocenters. The zero-order valence-electron chi connectivity index (χ0n) is 16.8. The van der Waals surface area contributed by atoms with E-state index in [4.69, 9.17) is 10.7 Å². The number of fused-ring (bicyclic) bond motifs is 1. The summed E-state index contributed by atoms with van der Waals surface area (Å²) in [6.45, 7) is 0.510. The number of nitrogens with zero attached hydrogens (tertiary/aromatic N) is 1. The van der Waals surface area contributed by atoms with E-state index >= 15 is 0 Å². The molecule has 4 rings (SSSR count). The maximum Gasteiger partial charge on any atom is 0.224 e. The fourth-order valence-corrected chi connectivity index (χ4v) is 3.74. The summed E-state index contributed by atoms with van der Waals surface area (Å²) in [6.07, 6.45) is 0.985. The van der Waals surface area contributed by atoms with Crippen LogP contribution in [0.25, 0.3) is 22.2 Å². The summed E-state index contributed by atoms with van der Waals surface area (Å²) >= 11 is 0. The van der Waals surface area contributed by atoms with E-state index in [1.807, 2.05) is 91.0 Å². The number of rotatable bonds is 7. The van der Waals surface area contributed by atoms with Crippen molar-refractivity contribution < 1.29 is 4.79 Å². The van der Waals surface area contributed by atoms with Crippen LogP contribution in [0.5, 0.6) is 0 Å². The van der Waals surface area contributed by atoms with Crippen LogP contribution < -0.4 is 11.1 Å². The second-order valence-electron chi connectivity index (χ2n) is 7.33. The summed E-state index contributed by atoms with van der Waals surface area (Å²) < 4.78 is 0. The smallest absolute Gasteiger partial charge is 0.224 e. The lowest BCUT2D eigenvalue weighted by atomic mass is 10.0. The fraction of sp³-hybridized carbons (Fsp3) is 0.154. The highest BCUT2D eigenvalue weighted by Gasteiger charge is 2.16. The average Bonchev–Trinajstić information content (AvgIpc) is 2.80. The molecule has 1 atom stereocenters. The van der Waals surface area contributed by atoms with E-state index in [1.165, 1.54) is 0 Å². The highest BCUT2D eigenvalue weighted by molar-refractivity contribution is 5.90. The van der Waals surface area contributed by atoms with Crippen LogP contribution in [0.15, 0.2) is 91.0 Å². The Morgan fingerprint density at radius 3 is 2.30 bits per heavy atom. The van der Waals surface area contributed by atoms with Gasteiger partial charge in [0, 0.05) is 10.9 Å². The Kier molecular flexibility index (Phi) is 6.16. The average molecular weight is 396 g/mol. The molecule has 30 heavy (non-hydrogen) atoms. The maximum atomic E-state index is 13.0. The summed E-state index contributed by atoms with van der Waals surface area (Å²) in [4.78, 5) is 17.8. The number of benzene rings is 3. The SMILES string of the molecule is NCC[C@@H](NC(=O)Cc1cc(-c2ccccc2)nc2ccccc12)c1ccccc1. The predicted molar refractivity (Wildman–Crippen MR) is 122 cm³/mol. The molecule has 0 spiro atoms. The monoisotopic (exact) mass is 395 g/mol. The van der Waals surface area contributed by atoms with Crippen LogP contribution in [-0.4, -0.2) is 17.4 Å². The third-order valence-corrected chi connectivity index (χ3v) is 5.21. The van der Waals surface area contributed by atoms with Gasteiger partial charge in [-0.2, -0.15) is 0 Å². The van der Waals surface area contributed by atoms with E-state index in [0.717, 1.165) is 33.3 Å². The van der Waals surface area contributed by atoms with Crippen molar-refractivity contribution in [3.05, 3.63) is 102 Å². The molecule has 1 aromatic heterocycles. The van der Waals surface area contributed by atoms with Gasteiger partial charge in [0.05, 0.1) is 23.7 Å². The van der Waals surface area contributed by atoms with Crippen molar-refractivity contribution in [3.63, 3.8) is 0 Å². The quantitative estimate of drug-likeness (QED) is 0.479. The molecule has 0 aliphatic carbocycles. The van der Waals surface area contributed by atoms with Crippen LogP contribution in [0, 0.1) is 0 Å². The van der Waals surface area contributed by atoms with Crippen molar-refractivity contribution in [1.29, 1.82) is 0 Å². The highest BCUT2D eigenvalue weighted by atomic mass is 16.1. The standard InChI is InChI=1S/C26H25N3O/c27-16-15-23(19-9-3-1-4-10-19)29-26(30)18-21-17-25(20-11-5-2-6-12-20)28-24-14-8-7-13-22(21)24/h1-14,17,23H,15-16,18,27H2,(H,29,30)/t23-/m1/s1. The minimum atomic E-state index is -0.0922. The van der Waals surface area contributed by atoms with Crippen LogP contribution in [0.3, 0.4) is 0 Å².